The summed E-state index contributed by atoms with van der Waals surface area (Å²) in [4.78, 5) is 1.57. The molecule has 0 N–H and O–H groups in total. The topological polar surface area (TPSA) is 23.1 Å². The summed E-state index contributed by atoms with van der Waals surface area (Å²) in [5.41, 5.74) is 0. The summed E-state index contributed by atoms with van der Waals surface area (Å²) in [5.74, 6) is 7.02. The fourth-order valence-corrected chi connectivity index (χ4v) is 0.868. The molecule has 0 aliphatic heterocycles. The number of hydrogen-bond acceptors (Lipinski definition) is 1. The molecule has 0 saturated heterocycles. The van der Waals surface area contributed by atoms with Crippen molar-refractivity contribution in [1.29, 1.82) is 0 Å². The van der Waals surface area contributed by atoms with Crippen molar-refractivity contribution in [3.63, 3.8) is 0 Å². The van der Waals surface area contributed by atoms with Crippen molar-refractivity contribution in [2.24, 2.45) is 0 Å². The molecule has 67 valence electrons. The van der Waals surface area contributed by atoms with Gasteiger partial charge in [0.05, 0.1) is 0 Å². The minimum absolute atomic E-state index is 0.510. The van der Waals surface area contributed by atoms with Crippen LogP contribution in [0.1, 0.15) is 12.8 Å². The van der Waals surface area contributed by atoms with Gasteiger partial charge in [-0.05, 0) is 0 Å². The van der Waals surface area contributed by atoms with Crippen molar-refractivity contribution in [2.45, 2.75) is 19.1 Å². The summed E-state index contributed by atoms with van der Waals surface area (Å²) < 4.78 is 0. The zero-order chi connectivity index (χ0) is 10.1. The highest BCUT2D eigenvalue weighted by Crippen LogP contribution is 1.98. The molecule has 1 unspecified atom stereocenters. The van der Waals surface area contributed by atoms with Gasteiger partial charge in [0.2, 0.25) is 6.23 Å². The Morgan fingerprint density at radius 1 is 1.08 bits per heavy atom. The summed E-state index contributed by atoms with van der Waals surface area (Å²) in [7, 11) is 0. The van der Waals surface area contributed by atoms with Gasteiger partial charge < -0.3 is 0 Å². The molecule has 0 aliphatic rings. The molecule has 0 saturated carbocycles. The van der Waals surface area contributed by atoms with Gasteiger partial charge in [-0.3, -0.25) is 4.90 Å². The predicted octanol–water partition coefficient (Wildman–Crippen LogP) is 0.725. The van der Waals surface area contributed by atoms with Crippen molar-refractivity contribution in [2.75, 3.05) is 13.1 Å². The lowest BCUT2D eigenvalue weighted by Gasteiger charge is -2.20. The van der Waals surface area contributed by atoms with Crippen LogP contribution >= 0.6 is 0 Å². The van der Waals surface area contributed by atoms with Crippen LogP contribution in [-0.4, -0.2) is 24.2 Å². The SMILES string of the molecule is C#CCCN(CCC#C)C([O])C#C. The van der Waals surface area contributed by atoms with E-state index >= 15 is 0 Å². The van der Waals surface area contributed by atoms with Crippen molar-refractivity contribution in [3.05, 3.63) is 0 Å². The molecule has 0 bridgehead atoms. The quantitative estimate of drug-likeness (QED) is 0.445. The van der Waals surface area contributed by atoms with Crippen LogP contribution in [0.5, 0.6) is 0 Å². The molecule has 0 amide bonds. The Morgan fingerprint density at radius 2 is 1.54 bits per heavy atom. The lowest BCUT2D eigenvalue weighted by molar-refractivity contribution is -0.00282. The van der Waals surface area contributed by atoms with Gasteiger partial charge in [-0.15, -0.1) is 31.1 Å². The van der Waals surface area contributed by atoms with E-state index in [0.29, 0.717) is 25.9 Å². The van der Waals surface area contributed by atoms with Crippen LogP contribution in [0.3, 0.4) is 0 Å². The number of hydrogen-bond donors (Lipinski definition) is 0. The molecule has 0 spiro atoms. The van der Waals surface area contributed by atoms with Crippen molar-refractivity contribution in [3.8, 4) is 37.0 Å². The molecular weight excluding hydrogens is 162 g/mol. The molecule has 0 heterocycles. The summed E-state index contributed by atoms with van der Waals surface area (Å²) in [6.07, 6.45) is 15.1. The molecule has 2 nitrogen and oxygen atoms in total. The van der Waals surface area contributed by atoms with Crippen LogP contribution in [0.25, 0.3) is 0 Å². The standard InChI is InChI=1S/C11H12NO/c1-4-7-9-12(10-8-5-2)11(13)6-3/h1-3,11H,7-10H2. The van der Waals surface area contributed by atoms with Gasteiger partial charge in [-0.25, -0.2) is 5.11 Å². The predicted molar refractivity (Wildman–Crippen MR) is 51.8 cm³/mol. The first kappa shape index (κ1) is 11.6. The average Bonchev–Trinajstić information content (AvgIpc) is 2.17. The van der Waals surface area contributed by atoms with Gasteiger partial charge in [-0.1, -0.05) is 5.92 Å². The molecule has 2 heteroatoms. The van der Waals surface area contributed by atoms with E-state index in [1.54, 1.807) is 4.90 Å². The van der Waals surface area contributed by atoms with Gasteiger partial charge in [0.1, 0.15) is 0 Å². The lowest BCUT2D eigenvalue weighted by atomic mass is 10.3. The van der Waals surface area contributed by atoms with Crippen molar-refractivity contribution in [1.82, 2.24) is 4.90 Å². The van der Waals surface area contributed by atoms with E-state index in [-0.39, 0.29) is 0 Å². The van der Waals surface area contributed by atoms with Gasteiger partial charge in [-0.2, -0.15) is 0 Å². The molecule has 1 atom stereocenters. The third kappa shape index (κ3) is 4.94. The Labute approximate surface area is 79.9 Å². The third-order valence-electron chi connectivity index (χ3n) is 1.56. The van der Waals surface area contributed by atoms with Gasteiger partial charge in [0.15, 0.2) is 0 Å². The summed E-state index contributed by atoms with van der Waals surface area (Å²) >= 11 is 0. The molecule has 13 heavy (non-hydrogen) atoms. The van der Waals surface area contributed by atoms with E-state index in [0.717, 1.165) is 0 Å². The molecule has 0 aliphatic carbocycles. The Balaban J connectivity index is 3.99. The monoisotopic (exact) mass is 174 g/mol. The Morgan fingerprint density at radius 3 is 1.85 bits per heavy atom. The molecular formula is C11H12NO. The highest BCUT2D eigenvalue weighted by atomic mass is 16.3. The maximum absolute atomic E-state index is 11.2. The lowest BCUT2D eigenvalue weighted by Crippen LogP contribution is -2.34. The van der Waals surface area contributed by atoms with E-state index in [1.165, 1.54) is 0 Å². The van der Waals surface area contributed by atoms with E-state index in [4.69, 9.17) is 19.3 Å². The van der Waals surface area contributed by atoms with Gasteiger partial charge >= 0.3 is 0 Å². The second-order valence-corrected chi connectivity index (χ2v) is 2.46. The van der Waals surface area contributed by atoms with E-state index in [1.807, 2.05) is 0 Å². The smallest absolute Gasteiger partial charge is 0.207 e. The van der Waals surface area contributed by atoms with Crippen molar-refractivity contribution >= 4 is 0 Å². The van der Waals surface area contributed by atoms with Crippen LogP contribution < -0.4 is 0 Å². The van der Waals surface area contributed by atoms with Crippen LogP contribution in [-0.2, 0) is 5.11 Å². The third-order valence-corrected chi connectivity index (χ3v) is 1.56. The van der Waals surface area contributed by atoms with Crippen molar-refractivity contribution < 1.29 is 5.11 Å². The largest absolute Gasteiger partial charge is 0.263 e. The number of terminal acetylenes is 3. The minimum atomic E-state index is -1.14. The molecule has 0 aromatic carbocycles. The van der Waals surface area contributed by atoms with Crippen LogP contribution in [0.2, 0.25) is 0 Å². The fraction of sp³-hybridized carbons (Fsp3) is 0.455. The molecule has 0 rings (SSSR count). The number of nitrogens with zero attached hydrogens (tertiary/aromatic N) is 1. The first-order chi connectivity index (χ1) is 6.26. The first-order valence-electron chi connectivity index (χ1n) is 3.99. The molecule has 0 aromatic heterocycles. The Bertz CT molecular complexity index is 233. The van der Waals surface area contributed by atoms with E-state index in [2.05, 4.69) is 17.8 Å². The normalized spacial score (nSPS) is 11.3. The summed E-state index contributed by atoms with van der Waals surface area (Å²) in [6, 6.07) is 0. The average molecular weight is 174 g/mol. The fourth-order valence-electron chi connectivity index (χ4n) is 0.868. The highest BCUT2D eigenvalue weighted by molar-refractivity contribution is 4.96. The zero-order valence-electron chi connectivity index (χ0n) is 7.49. The second kappa shape index (κ2) is 7.26. The Kier molecular flexibility index (Phi) is 6.48. The minimum Gasteiger partial charge on any atom is -0.263 e. The molecule has 0 aromatic rings. The maximum atomic E-state index is 11.2. The van der Waals surface area contributed by atoms with E-state index in [9.17, 15) is 5.11 Å². The molecule has 1 radical (unpaired) electrons. The second-order valence-electron chi connectivity index (χ2n) is 2.46. The van der Waals surface area contributed by atoms with Crippen LogP contribution in [0.15, 0.2) is 0 Å². The van der Waals surface area contributed by atoms with Gasteiger partial charge in [0.25, 0.3) is 0 Å². The highest BCUT2D eigenvalue weighted by Gasteiger charge is 2.12. The zero-order valence-corrected chi connectivity index (χ0v) is 7.49. The van der Waals surface area contributed by atoms with Gasteiger partial charge in [0, 0.05) is 25.9 Å². The van der Waals surface area contributed by atoms with E-state index < -0.39 is 6.23 Å². The summed E-state index contributed by atoms with van der Waals surface area (Å²) in [5, 5.41) is 11.2. The van der Waals surface area contributed by atoms with Crippen LogP contribution in [0, 0.1) is 37.0 Å². The maximum Gasteiger partial charge on any atom is 0.207 e. The molecule has 0 fully saturated rings. The first-order valence-corrected chi connectivity index (χ1v) is 3.99. The number of rotatable bonds is 5. The summed E-state index contributed by atoms with van der Waals surface area (Å²) in [6.45, 7) is 1.02. The van der Waals surface area contributed by atoms with Crippen LogP contribution in [0.4, 0.5) is 0 Å². The Hall–Kier alpha value is -1.40.